The Balaban J connectivity index is 1.54. The number of Topliss-reactive ketones (excluding diaryl/α,β-unsaturated/α-hetero) is 1. The second-order valence-electron chi connectivity index (χ2n) is 8.97. The largest absolute Gasteiger partial charge is 0.344 e. The Hall–Kier alpha value is -4.15. The highest BCUT2D eigenvalue weighted by atomic mass is 16.2. The van der Waals surface area contributed by atoms with Crippen molar-refractivity contribution in [2.45, 2.75) is 57.2 Å². The highest BCUT2D eigenvalue weighted by molar-refractivity contribution is 6.00. The molecule has 11 heteroatoms. The number of hydrazine groups is 1. The molecule has 3 heterocycles. The number of para-hydroxylation sites is 1. The molecule has 0 saturated carbocycles. The molecule has 1 aromatic carbocycles. The van der Waals surface area contributed by atoms with Gasteiger partial charge in [0.05, 0.1) is 11.6 Å². The first-order valence-electron chi connectivity index (χ1n) is 11.8. The number of benzene rings is 1. The Bertz CT molecular complexity index is 1230. The van der Waals surface area contributed by atoms with Crippen LogP contribution in [0.1, 0.15) is 49.5 Å². The van der Waals surface area contributed by atoms with E-state index in [1.54, 1.807) is 24.3 Å². The number of aldehydes is 1. The average molecular weight is 494 g/mol. The third-order valence-corrected chi connectivity index (χ3v) is 6.30. The van der Waals surface area contributed by atoms with Crippen molar-refractivity contribution in [3.8, 4) is 0 Å². The maximum Gasteiger partial charge on any atom is 0.270 e. The number of carbonyl (C=O) groups excluding carboxylic acids is 6. The summed E-state index contributed by atoms with van der Waals surface area (Å²) in [5, 5.41) is 8.38. The molecular formula is C25H27N5O6. The van der Waals surface area contributed by atoms with Crippen LogP contribution in [0.25, 0.3) is 10.9 Å². The van der Waals surface area contributed by atoms with E-state index in [4.69, 9.17) is 0 Å². The summed E-state index contributed by atoms with van der Waals surface area (Å²) < 4.78 is 0. The van der Waals surface area contributed by atoms with Gasteiger partial charge < -0.3 is 15.4 Å². The van der Waals surface area contributed by atoms with Crippen LogP contribution >= 0.6 is 0 Å². The summed E-state index contributed by atoms with van der Waals surface area (Å²) in [6, 6.07) is 7.49. The standard InChI is InChI=1S/C25H27N5O6/c1-15(32)13-17(14-31)26-24(35)21-7-4-12-29-22(33)11-10-20(25(36)30(21)29)28-23(34)19-9-8-16-5-2-3-6-18(16)27-19/h2-3,5-6,8-9,14,17,20-21H,4,7,10-13H2,1H3,(H,26,35)(H,28,34)/t17-,20-,21-/m0/s1. The first-order valence-corrected chi connectivity index (χ1v) is 11.8. The molecule has 4 amide bonds. The van der Waals surface area contributed by atoms with E-state index in [2.05, 4.69) is 15.6 Å². The zero-order valence-electron chi connectivity index (χ0n) is 19.8. The minimum absolute atomic E-state index is 0.00791. The molecule has 2 fully saturated rings. The van der Waals surface area contributed by atoms with Gasteiger partial charge in [-0.3, -0.25) is 29.0 Å². The normalized spacial score (nSPS) is 20.8. The van der Waals surface area contributed by atoms with Gasteiger partial charge in [-0.15, -0.1) is 0 Å². The van der Waals surface area contributed by atoms with Crippen LogP contribution in [-0.2, 0) is 24.0 Å². The van der Waals surface area contributed by atoms with E-state index in [0.29, 0.717) is 18.2 Å². The molecule has 2 aliphatic rings. The highest BCUT2D eigenvalue weighted by Crippen LogP contribution is 2.25. The molecule has 2 N–H and O–H groups in total. The molecule has 1 aromatic heterocycles. The third kappa shape index (κ3) is 5.24. The highest BCUT2D eigenvalue weighted by Gasteiger charge is 2.45. The van der Waals surface area contributed by atoms with Gasteiger partial charge in [-0.25, -0.2) is 9.99 Å². The molecule has 0 aliphatic carbocycles. The van der Waals surface area contributed by atoms with E-state index in [9.17, 15) is 28.8 Å². The number of fused-ring (bicyclic) bond motifs is 2. The van der Waals surface area contributed by atoms with E-state index < -0.39 is 35.8 Å². The smallest absolute Gasteiger partial charge is 0.270 e. The number of hydrogen-bond donors (Lipinski definition) is 2. The van der Waals surface area contributed by atoms with Crippen molar-refractivity contribution < 1.29 is 28.8 Å². The van der Waals surface area contributed by atoms with Crippen molar-refractivity contribution in [3.63, 3.8) is 0 Å². The van der Waals surface area contributed by atoms with Gasteiger partial charge >= 0.3 is 0 Å². The number of pyridine rings is 1. The maximum atomic E-state index is 13.5. The van der Waals surface area contributed by atoms with Crippen molar-refractivity contribution in [3.05, 3.63) is 42.1 Å². The zero-order chi connectivity index (χ0) is 25.8. The van der Waals surface area contributed by atoms with Crippen LogP contribution in [0.4, 0.5) is 0 Å². The van der Waals surface area contributed by atoms with Gasteiger partial charge in [0, 0.05) is 24.8 Å². The van der Waals surface area contributed by atoms with Crippen molar-refractivity contribution in [1.29, 1.82) is 0 Å². The molecule has 2 aromatic rings. The fourth-order valence-electron chi connectivity index (χ4n) is 4.55. The molecule has 36 heavy (non-hydrogen) atoms. The molecule has 0 radical (unpaired) electrons. The molecule has 2 aliphatic heterocycles. The van der Waals surface area contributed by atoms with Crippen molar-refractivity contribution in [2.24, 2.45) is 0 Å². The fourth-order valence-corrected chi connectivity index (χ4v) is 4.55. The predicted octanol–water partition coefficient (Wildman–Crippen LogP) is 0.524. The average Bonchev–Trinajstić information content (AvgIpc) is 2.99. The quantitative estimate of drug-likeness (QED) is 0.535. The Morgan fingerprint density at radius 3 is 2.67 bits per heavy atom. The lowest BCUT2D eigenvalue weighted by Gasteiger charge is -2.43. The number of aromatic nitrogens is 1. The summed E-state index contributed by atoms with van der Waals surface area (Å²) in [6.45, 7) is 1.56. The lowest BCUT2D eigenvalue weighted by Crippen LogP contribution is -2.64. The number of rotatable bonds is 7. The molecule has 0 unspecified atom stereocenters. The lowest BCUT2D eigenvalue weighted by atomic mass is 10.0. The number of ketones is 1. The summed E-state index contributed by atoms with van der Waals surface area (Å²) in [6.07, 6.45) is 1.11. The van der Waals surface area contributed by atoms with E-state index in [1.165, 1.54) is 11.9 Å². The van der Waals surface area contributed by atoms with Crippen LogP contribution in [0.5, 0.6) is 0 Å². The molecule has 0 bridgehead atoms. The second-order valence-corrected chi connectivity index (χ2v) is 8.97. The van der Waals surface area contributed by atoms with Gasteiger partial charge in [0.25, 0.3) is 11.8 Å². The molecule has 188 valence electrons. The Kier molecular flexibility index (Phi) is 7.37. The summed E-state index contributed by atoms with van der Waals surface area (Å²) in [5.74, 6) is -2.41. The maximum absolute atomic E-state index is 13.5. The van der Waals surface area contributed by atoms with Crippen LogP contribution < -0.4 is 10.6 Å². The van der Waals surface area contributed by atoms with Crippen LogP contribution in [0.2, 0.25) is 0 Å². The number of hydrogen-bond acceptors (Lipinski definition) is 7. The van der Waals surface area contributed by atoms with E-state index in [-0.39, 0.29) is 49.6 Å². The summed E-state index contributed by atoms with van der Waals surface area (Å²) >= 11 is 0. The molecule has 11 nitrogen and oxygen atoms in total. The molecular weight excluding hydrogens is 466 g/mol. The van der Waals surface area contributed by atoms with E-state index in [0.717, 1.165) is 10.4 Å². The second kappa shape index (κ2) is 10.6. The molecule has 3 atom stereocenters. The van der Waals surface area contributed by atoms with Gasteiger partial charge in [0.15, 0.2) is 0 Å². The monoisotopic (exact) mass is 493 g/mol. The Morgan fingerprint density at radius 2 is 1.92 bits per heavy atom. The van der Waals surface area contributed by atoms with Crippen LogP contribution in [0.3, 0.4) is 0 Å². The van der Waals surface area contributed by atoms with Gasteiger partial charge in [0.2, 0.25) is 11.8 Å². The van der Waals surface area contributed by atoms with Crippen LogP contribution in [0.15, 0.2) is 36.4 Å². The fraction of sp³-hybridized carbons (Fsp3) is 0.400. The topological polar surface area (TPSA) is 146 Å². The van der Waals surface area contributed by atoms with E-state index in [1.807, 2.05) is 12.1 Å². The van der Waals surface area contributed by atoms with Crippen molar-refractivity contribution >= 4 is 46.6 Å². The third-order valence-electron chi connectivity index (χ3n) is 6.30. The lowest BCUT2D eigenvalue weighted by molar-refractivity contribution is -0.176. The molecule has 2 saturated heterocycles. The minimum atomic E-state index is -1.05. The Labute approximate surface area is 207 Å². The van der Waals surface area contributed by atoms with Gasteiger partial charge in [0.1, 0.15) is 29.8 Å². The zero-order valence-corrected chi connectivity index (χ0v) is 19.8. The number of carbonyl (C=O) groups is 6. The van der Waals surface area contributed by atoms with Crippen LogP contribution in [-0.4, -0.2) is 75.4 Å². The molecule has 4 rings (SSSR count). The van der Waals surface area contributed by atoms with Gasteiger partial charge in [-0.2, -0.15) is 0 Å². The van der Waals surface area contributed by atoms with Crippen molar-refractivity contribution in [2.75, 3.05) is 6.54 Å². The van der Waals surface area contributed by atoms with Gasteiger partial charge in [-0.1, -0.05) is 24.3 Å². The number of amides is 4. The van der Waals surface area contributed by atoms with Crippen LogP contribution in [0, 0.1) is 0 Å². The first-order chi connectivity index (χ1) is 17.3. The SMILES string of the molecule is CC(=O)C[C@@H](C=O)NC(=O)[C@@H]1CCCN2C(=O)CC[C@H](NC(=O)c3ccc4ccccc4n3)C(=O)N12. The van der Waals surface area contributed by atoms with Crippen molar-refractivity contribution in [1.82, 2.24) is 25.6 Å². The summed E-state index contributed by atoms with van der Waals surface area (Å²) in [4.78, 5) is 79.4. The van der Waals surface area contributed by atoms with Gasteiger partial charge in [-0.05, 0) is 38.3 Å². The summed E-state index contributed by atoms with van der Waals surface area (Å²) in [5.41, 5.74) is 0.752. The van der Waals surface area contributed by atoms with E-state index >= 15 is 0 Å². The summed E-state index contributed by atoms with van der Waals surface area (Å²) in [7, 11) is 0. The first kappa shape index (κ1) is 25.0. The predicted molar refractivity (Wildman–Crippen MR) is 127 cm³/mol. The number of nitrogens with zero attached hydrogens (tertiary/aromatic N) is 3. The Morgan fingerprint density at radius 1 is 1.14 bits per heavy atom. The molecule has 0 spiro atoms. The number of nitrogens with one attached hydrogen (secondary N) is 2. The minimum Gasteiger partial charge on any atom is -0.344 e.